The number of ketones is 1. The van der Waals surface area contributed by atoms with Crippen molar-refractivity contribution in [2.45, 2.75) is 19.1 Å². The molecule has 4 nitrogen and oxygen atoms in total. The molecule has 0 radical (unpaired) electrons. The Kier molecular flexibility index (Phi) is 3.59. The Morgan fingerprint density at radius 1 is 1.41 bits per heavy atom. The Morgan fingerprint density at radius 3 is 2.41 bits per heavy atom. The number of halogens is 3. The van der Waals surface area contributed by atoms with Gasteiger partial charge in [0.2, 0.25) is 0 Å². The summed E-state index contributed by atoms with van der Waals surface area (Å²) in [5, 5.41) is 1.60. The highest BCUT2D eigenvalue weighted by molar-refractivity contribution is 6.42. The molecule has 1 atom stereocenters. The molecule has 1 aromatic heterocycles. The number of aryl methyl sites for hydroxylation is 1. The average Bonchev–Trinajstić information content (AvgIpc) is 2.62. The molecule has 0 aliphatic rings. The fraction of sp³-hybridized carbons (Fsp3) is 0.400. The molecule has 0 bridgehead atoms. The van der Waals surface area contributed by atoms with Crippen LogP contribution in [0, 0.1) is 0 Å². The molecule has 0 spiro atoms. The van der Waals surface area contributed by atoms with Crippen molar-refractivity contribution < 1.29 is 22.8 Å². The van der Waals surface area contributed by atoms with Crippen LogP contribution in [0.25, 0.3) is 0 Å². The summed E-state index contributed by atoms with van der Waals surface area (Å²) in [4.78, 5) is 22.7. The summed E-state index contributed by atoms with van der Waals surface area (Å²) in [5.41, 5.74) is 0.0550. The van der Waals surface area contributed by atoms with Gasteiger partial charge >= 0.3 is 6.18 Å². The van der Waals surface area contributed by atoms with Crippen LogP contribution in [-0.2, 0) is 11.8 Å². The molecule has 0 fully saturated rings. The largest absolute Gasteiger partial charge is 0.408 e. The third-order valence-corrected chi connectivity index (χ3v) is 2.14. The number of hydrogen-bond acceptors (Lipinski definition) is 2. The van der Waals surface area contributed by atoms with Gasteiger partial charge in [0.15, 0.2) is 0 Å². The van der Waals surface area contributed by atoms with Crippen LogP contribution in [0.2, 0.25) is 0 Å². The Morgan fingerprint density at radius 2 is 2.00 bits per heavy atom. The first kappa shape index (κ1) is 13.3. The molecule has 0 aromatic carbocycles. The summed E-state index contributed by atoms with van der Waals surface area (Å²) in [5.74, 6) is -2.25. The third kappa shape index (κ3) is 3.33. The topological polar surface area (TPSA) is 51.1 Å². The number of Topliss-reactive ketones (excluding diaryl/α,β-unsaturated/α-hetero) is 1. The van der Waals surface area contributed by atoms with E-state index in [9.17, 15) is 22.8 Å². The third-order valence-electron chi connectivity index (χ3n) is 2.14. The molecular weight excluding hydrogens is 237 g/mol. The smallest absolute Gasteiger partial charge is 0.356 e. The van der Waals surface area contributed by atoms with Gasteiger partial charge in [0.1, 0.15) is 6.04 Å². The number of carbonyl (C=O) groups excluding carboxylic acids is 2. The van der Waals surface area contributed by atoms with Crippen LogP contribution in [0.3, 0.4) is 0 Å². The summed E-state index contributed by atoms with van der Waals surface area (Å²) in [7, 11) is 1.63. The summed E-state index contributed by atoms with van der Waals surface area (Å²) in [6, 6.07) is -0.692. The normalized spacial score (nSPS) is 13.2. The fourth-order valence-corrected chi connectivity index (χ4v) is 1.11. The lowest BCUT2D eigenvalue weighted by atomic mass is 10.2. The van der Waals surface area contributed by atoms with Crippen LogP contribution in [0.5, 0.6) is 0 Å². The van der Waals surface area contributed by atoms with Gasteiger partial charge in [-0.15, -0.1) is 0 Å². The van der Waals surface area contributed by atoms with E-state index in [1.807, 2.05) is 0 Å². The molecule has 0 aliphatic heterocycles. The van der Waals surface area contributed by atoms with Gasteiger partial charge in [0, 0.05) is 25.0 Å². The van der Waals surface area contributed by atoms with E-state index in [2.05, 4.69) is 0 Å². The molecule has 94 valence electrons. The summed E-state index contributed by atoms with van der Waals surface area (Å²) in [6.45, 7) is 0.774. The highest BCUT2D eigenvalue weighted by Crippen LogP contribution is 2.19. The van der Waals surface area contributed by atoms with E-state index in [1.54, 1.807) is 12.4 Å². The number of rotatable bonds is 3. The lowest BCUT2D eigenvalue weighted by Crippen LogP contribution is -2.45. The maximum Gasteiger partial charge on any atom is 0.408 e. The molecular formula is C10H11F3N2O2. The minimum atomic E-state index is -4.56. The standard InChI is InChI=1S/C10H11F3N2O2/c1-6(10(11,12)13)14-9(17)8(16)7-3-4-15(2)5-7/h3-6H,1-2H3,(H,14,17)/t6-/m0/s1. The van der Waals surface area contributed by atoms with Gasteiger partial charge in [0.05, 0.1) is 0 Å². The second-order valence-electron chi connectivity index (χ2n) is 3.63. The number of carbonyl (C=O) groups is 2. The molecule has 17 heavy (non-hydrogen) atoms. The van der Waals surface area contributed by atoms with Gasteiger partial charge in [-0.05, 0) is 13.0 Å². The first-order valence-corrected chi connectivity index (χ1v) is 4.75. The molecule has 0 saturated carbocycles. The van der Waals surface area contributed by atoms with Gasteiger partial charge < -0.3 is 9.88 Å². The zero-order valence-electron chi connectivity index (χ0n) is 9.21. The van der Waals surface area contributed by atoms with Crippen molar-refractivity contribution in [1.29, 1.82) is 0 Å². The predicted molar refractivity (Wildman–Crippen MR) is 53.4 cm³/mol. The van der Waals surface area contributed by atoms with Crippen molar-refractivity contribution in [3.8, 4) is 0 Å². The minimum absolute atomic E-state index is 0.0550. The summed E-state index contributed by atoms with van der Waals surface area (Å²) >= 11 is 0. The molecule has 1 aromatic rings. The zero-order valence-corrected chi connectivity index (χ0v) is 9.21. The summed E-state index contributed by atoms with van der Waals surface area (Å²) in [6.07, 6.45) is -1.68. The monoisotopic (exact) mass is 248 g/mol. The lowest BCUT2D eigenvalue weighted by Gasteiger charge is -2.16. The first-order chi connectivity index (χ1) is 7.71. The number of aromatic nitrogens is 1. The summed E-state index contributed by atoms with van der Waals surface area (Å²) < 4.78 is 38.0. The molecule has 7 heteroatoms. The zero-order chi connectivity index (χ0) is 13.2. The van der Waals surface area contributed by atoms with E-state index in [0.29, 0.717) is 0 Å². The van der Waals surface area contributed by atoms with Crippen molar-refractivity contribution in [2.75, 3.05) is 0 Å². The minimum Gasteiger partial charge on any atom is -0.356 e. The van der Waals surface area contributed by atoms with Gasteiger partial charge in [-0.25, -0.2) is 0 Å². The van der Waals surface area contributed by atoms with Crippen LogP contribution in [0.4, 0.5) is 13.2 Å². The first-order valence-electron chi connectivity index (χ1n) is 4.75. The molecule has 0 aliphatic carbocycles. The molecule has 0 unspecified atom stereocenters. The van der Waals surface area contributed by atoms with Gasteiger partial charge in [-0.2, -0.15) is 13.2 Å². The number of nitrogens with one attached hydrogen (secondary N) is 1. The van der Waals surface area contributed by atoms with Crippen molar-refractivity contribution in [3.05, 3.63) is 24.0 Å². The van der Waals surface area contributed by atoms with Crippen molar-refractivity contribution in [1.82, 2.24) is 9.88 Å². The number of amides is 1. The van der Waals surface area contributed by atoms with Crippen molar-refractivity contribution >= 4 is 11.7 Å². The van der Waals surface area contributed by atoms with Crippen LogP contribution in [0.15, 0.2) is 18.5 Å². The number of nitrogens with zero attached hydrogens (tertiary/aromatic N) is 1. The SMILES string of the molecule is C[C@H](NC(=O)C(=O)c1ccn(C)c1)C(F)(F)F. The Labute approximate surface area is 95.4 Å². The second kappa shape index (κ2) is 4.60. The lowest BCUT2D eigenvalue weighted by molar-refractivity contribution is -0.156. The van der Waals surface area contributed by atoms with E-state index >= 15 is 0 Å². The van der Waals surface area contributed by atoms with Crippen molar-refractivity contribution in [3.63, 3.8) is 0 Å². The number of alkyl halides is 3. The molecule has 1 amide bonds. The van der Waals surface area contributed by atoms with Crippen LogP contribution in [-0.4, -0.2) is 28.5 Å². The second-order valence-corrected chi connectivity index (χ2v) is 3.63. The van der Waals surface area contributed by atoms with Crippen LogP contribution in [0.1, 0.15) is 17.3 Å². The fourth-order valence-electron chi connectivity index (χ4n) is 1.11. The highest BCUT2D eigenvalue weighted by atomic mass is 19.4. The molecule has 1 N–H and O–H groups in total. The maximum atomic E-state index is 12.1. The van der Waals surface area contributed by atoms with E-state index in [0.717, 1.165) is 6.92 Å². The van der Waals surface area contributed by atoms with Crippen LogP contribution < -0.4 is 5.32 Å². The van der Waals surface area contributed by atoms with E-state index in [-0.39, 0.29) is 5.56 Å². The number of hydrogen-bond donors (Lipinski definition) is 1. The molecule has 1 rings (SSSR count). The quantitative estimate of drug-likeness (QED) is 0.647. The maximum absolute atomic E-state index is 12.1. The van der Waals surface area contributed by atoms with E-state index < -0.39 is 23.9 Å². The van der Waals surface area contributed by atoms with E-state index in [1.165, 1.54) is 23.0 Å². The predicted octanol–water partition coefficient (Wildman–Crippen LogP) is 1.27. The molecule has 1 heterocycles. The Balaban J connectivity index is 2.69. The highest BCUT2D eigenvalue weighted by Gasteiger charge is 2.38. The van der Waals surface area contributed by atoms with Crippen LogP contribution >= 0.6 is 0 Å². The average molecular weight is 248 g/mol. The van der Waals surface area contributed by atoms with Crippen molar-refractivity contribution in [2.24, 2.45) is 7.05 Å². The van der Waals surface area contributed by atoms with Gasteiger partial charge in [-0.1, -0.05) is 0 Å². The Bertz CT molecular complexity index is 437. The van der Waals surface area contributed by atoms with E-state index in [4.69, 9.17) is 0 Å². The molecule has 0 saturated heterocycles. The van der Waals surface area contributed by atoms with Gasteiger partial charge in [-0.3, -0.25) is 9.59 Å². The van der Waals surface area contributed by atoms with Gasteiger partial charge in [0.25, 0.3) is 11.7 Å². The Hall–Kier alpha value is -1.79.